The molecule has 1 aromatic carbocycles. The molecule has 6 nitrogen and oxygen atoms in total. The standard InChI is InChI=1S/C10H11BrN4O2S/c1-6-4-7(11)10(8(12)5-6)15-18(16,17)9-2-3-13-14-9/h2-5,15H,12H2,1H3,(H,13,14). The van der Waals surface area contributed by atoms with Gasteiger partial charge in [0, 0.05) is 4.47 Å². The number of halogens is 1. The Balaban J connectivity index is 2.42. The van der Waals surface area contributed by atoms with Gasteiger partial charge in [0.05, 0.1) is 17.6 Å². The number of benzene rings is 1. The van der Waals surface area contributed by atoms with Gasteiger partial charge in [0.2, 0.25) is 0 Å². The van der Waals surface area contributed by atoms with Gasteiger partial charge in [0.15, 0.2) is 5.03 Å². The third-order valence-corrected chi connectivity index (χ3v) is 4.17. The molecule has 1 aromatic heterocycles. The summed E-state index contributed by atoms with van der Waals surface area (Å²) in [6, 6.07) is 4.83. The van der Waals surface area contributed by atoms with Crippen LogP contribution in [0.4, 0.5) is 11.4 Å². The first kappa shape index (κ1) is 12.9. The molecule has 96 valence electrons. The summed E-state index contributed by atoms with van der Waals surface area (Å²) in [6.45, 7) is 1.87. The normalized spacial score (nSPS) is 11.4. The third kappa shape index (κ3) is 2.49. The molecule has 18 heavy (non-hydrogen) atoms. The fraction of sp³-hybridized carbons (Fsp3) is 0.100. The lowest BCUT2D eigenvalue weighted by molar-refractivity contribution is 0.597. The Morgan fingerprint density at radius 2 is 2.17 bits per heavy atom. The second-order valence-corrected chi connectivity index (χ2v) is 6.24. The zero-order valence-electron chi connectivity index (χ0n) is 9.44. The number of sulfonamides is 1. The Labute approximate surface area is 113 Å². The van der Waals surface area contributed by atoms with E-state index < -0.39 is 10.0 Å². The van der Waals surface area contributed by atoms with Crippen molar-refractivity contribution < 1.29 is 8.42 Å². The number of aromatic nitrogens is 2. The number of rotatable bonds is 3. The Bertz CT molecular complexity index is 644. The molecule has 0 fully saturated rings. The fourth-order valence-electron chi connectivity index (χ4n) is 1.46. The number of nitrogen functional groups attached to an aromatic ring is 1. The summed E-state index contributed by atoms with van der Waals surface area (Å²) in [6.07, 6.45) is 1.36. The summed E-state index contributed by atoms with van der Waals surface area (Å²) in [5.41, 5.74) is 7.40. The number of aryl methyl sites for hydroxylation is 1. The Morgan fingerprint density at radius 1 is 1.44 bits per heavy atom. The molecule has 4 N–H and O–H groups in total. The molecule has 0 saturated heterocycles. The van der Waals surface area contributed by atoms with Gasteiger partial charge in [0.1, 0.15) is 0 Å². The van der Waals surface area contributed by atoms with Gasteiger partial charge >= 0.3 is 0 Å². The molecule has 0 unspecified atom stereocenters. The molecule has 0 spiro atoms. The summed E-state index contributed by atoms with van der Waals surface area (Å²) >= 11 is 3.28. The predicted octanol–water partition coefficient (Wildman–Crippen LogP) is 1.86. The Hall–Kier alpha value is -1.54. The molecule has 0 aliphatic carbocycles. The minimum absolute atomic E-state index is 0.0191. The zero-order valence-corrected chi connectivity index (χ0v) is 11.8. The summed E-state index contributed by atoms with van der Waals surface area (Å²) in [4.78, 5) is 0. The van der Waals surface area contributed by atoms with Gasteiger partial charge < -0.3 is 5.73 Å². The lowest BCUT2D eigenvalue weighted by Gasteiger charge is -2.11. The van der Waals surface area contributed by atoms with E-state index in [0.717, 1.165) is 5.56 Å². The van der Waals surface area contributed by atoms with E-state index in [-0.39, 0.29) is 5.03 Å². The van der Waals surface area contributed by atoms with Crippen LogP contribution in [0.2, 0.25) is 0 Å². The van der Waals surface area contributed by atoms with Crippen LogP contribution < -0.4 is 10.5 Å². The van der Waals surface area contributed by atoms with Crippen LogP contribution >= 0.6 is 15.9 Å². The Kier molecular flexibility index (Phi) is 3.31. The highest BCUT2D eigenvalue weighted by Gasteiger charge is 2.18. The van der Waals surface area contributed by atoms with E-state index in [1.165, 1.54) is 12.3 Å². The first-order chi connectivity index (χ1) is 8.40. The van der Waals surface area contributed by atoms with Gasteiger partial charge in [-0.1, -0.05) is 0 Å². The van der Waals surface area contributed by atoms with Crippen LogP contribution in [0.25, 0.3) is 0 Å². The van der Waals surface area contributed by atoms with Crippen LogP contribution in [0, 0.1) is 6.92 Å². The largest absolute Gasteiger partial charge is 0.397 e. The van der Waals surface area contributed by atoms with Gasteiger partial charge in [-0.2, -0.15) is 13.5 Å². The number of H-pyrrole nitrogens is 1. The van der Waals surface area contributed by atoms with Crippen LogP contribution in [-0.2, 0) is 10.0 Å². The minimum atomic E-state index is -3.71. The minimum Gasteiger partial charge on any atom is -0.397 e. The van der Waals surface area contributed by atoms with Crippen molar-refractivity contribution in [2.24, 2.45) is 0 Å². The molecular formula is C10H11BrN4O2S. The number of nitrogens with one attached hydrogen (secondary N) is 2. The average Bonchev–Trinajstić information content (AvgIpc) is 2.77. The summed E-state index contributed by atoms with van der Waals surface area (Å²) in [5, 5.41) is 5.97. The van der Waals surface area contributed by atoms with Crippen molar-refractivity contribution in [3.8, 4) is 0 Å². The van der Waals surface area contributed by atoms with Crippen molar-refractivity contribution in [2.45, 2.75) is 11.9 Å². The van der Waals surface area contributed by atoms with Gasteiger partial charge in [-0.05, 0) is 46.6 Å². The first-order valence-corrected chi connectivity index (χ1v) is 7.25. The van der Waals surface area contributed by atoms with Crippen molar-refractivity contribution in [2.75, 3.05) is 10.5 Å². The van der Waals surface area contributed by atoms with E-state index in [1.807, 2.05) is 6.92 Å². The number of hydrogen-bond donors (Lipinski definition) is 3. The number of aromatic amines is 1. The highest BCUT2D eigenvalue weighted by Crippen LogP contribution is 2.31. The molecule has 2 rings (SSSR count). The highest BCUT2D eigenvalue weighted by atomic mass is 79.9. The lowest BCUT2D eigenvalue weighted by Crippen LogP contribution is -2.15. The Morgan fingerprint density at radius 3 is 2.72 bits per heavy atom. The second kappa shape index (κ2) is 4.62. The molecule has 1 heterocycles. The number of hydrogen-bond acceptors (Lipinski definition) is 4. The van der Waals surface area contributed by atoms with E-state index in [0.29, 0.717) is 15.8 Å². The zero-order chi connectivity index (χ0) is 13.3. The summed E-state index contributed by atoms with van der Waals surface area (Å²) in [5.74, 6) is 0. The first-order valence-electron chi connectivity index (χ1n) is 4.98. The maximum absolute atomic E-state index is 12.0. The van der Waals surface area contributed by atoms with Gasteiger partial charge in [0.25, 0.3) is 10.0 Å². The number of nitrogens with zero attached hydrogens (tertiary/aromatic N) is 1. The van der Waals surface area contributed by atoms with Gasteiger partial charge in [-0.25, -0.2) is 0 Å². The molecule has 0 aliphatic heterocycles. The molecule has 8 heteroatoms. The molecule has 0 radical (unpaired) electrons. The molecule has 0 bridgehead atoms. The van der Waals surface area contributed by atoms with Crippen molar-refractivity contribution >= 4 is 37.3 Å². The summed E-state index contributed by atoms with van der Waals surface area (Å²) in [7, 11) is -3.71. The number of nitrogens with two attached hydrogens (primary N) is 1. The summed E-state index contributed by atoms with van der Waals surface area (Å²) < 4.78 is 27.0. The predicted molar refractivity (Wildman–Crippen MR) is 72.7 cm³/mol. The van der Waals surface area contributed by atoms with Crippen molar-refractivity contribution in [1.29, 1.82) is 0 Å². The van der Waals surface area contributed by atoms with E-state index in [9.17, 15) is 8.42 Å². The molecule has 0 amide bonds. The van der Waals surface area contributed by atoms with E-state index in [1.54, 1.807) is 12.1 Å². The van der Waals surface area contributed by atoms with Crippen LogP contribution in [-0.4, -0.2) is 18.6 Å². The molecule has 0 saturated carbocycles. The second-order valence-electron chi connectivity index (χ2n) is 3.74. The van der Waals surface area contributed by atoms with Crippen molar-refractivity contribution in [3.63, 3.8) is 0 Å². The van der Waals surface area contributed by atoms with Gasteiger partial charge in [-0.3, -0.25) is 9.82 Å². The number of anilines is 2. The topological polar surface area (TPSA) is 101 Å². The highest BCUT2D eigenvalue weighted by molar-refractivity contribution is 9.10. The van der Waals surface area contributed by atoms with E-state index in [4.69, 9.17) is 5.73 Å². The van der Waals surface area contributed by atoms with E-state index in [2.05, 4.69) is 30.8 Å². The molecule has 0 atom stereocenters. The van der Waals surface area contributed by atoms with Crippen LogP contribution in [0.1, 0.15) is 5.56 Å². The van der Waals surface area contributed by atoms with Crippen LogP contribution in [0.15, 0.2) is 33.9 Å². The van der Waals surface area contributed by atoms with E-state index >= 15 is 0 Å². The van der Waals surface area contributed by atoms with Crippen molar-refractivity contribution in [1.82, 2.24) is 10.2 Å². The maximum Gasteiger partial charge on any atom is 0.278 e. The lowest BCUT2D eigenvalue weighted by atomic mass is 10.2. The third-order valence-electron chi connectivity index (χ3n) is 2.27. The van der Waals surface area contributed by atoms with Gasteiger partial charge in [-0.15, -0.1) is 0 Å². The maximum atomic E-state index is 12.0. The SMILES string of the molecule is Cc1cc(N)c(NS(=O)(=O)c2ccn[nH]2)c(Br)c1. The molecule has 0 aliphatic rings. The van der Waals surface area contributed by atoms with Crippen molar-refractivity contribution in [3.05, 3.63) is 34.4 Å². The molecule has 2 aromatic rings. The average molecular weight is 331 g/mol. The smallest absolute Gasteiger partial charge is 0.278 e. The monoisotopic (exact) mass is 330 g/mol. The fourth-order valence-corrected chi connectivity index (χ4v) is 3.30. The quantitative estimate of drug-likeness (QED) is 0.747. The molecular weight excluding hydrogens is 320 g/mol. The van der Waals surface area contributed by atoms with Crippen LogP contribution in [0.5, 0.6) is 0 Å². The van der Waals surface area contributed by atoms with Crippen LogP contribution in [0.3, 0.4) is 0 Å².